The maximum Gasteiger partial charge on any atom is 0.139 e. The van der Waals surface area contributed by atoms with Crippen molar-refractivity contribution < 1.29 is 20.1 Å². The first-order valence-electron chi connectivity index (χ1n) is 9.33. The van der Waals surface area contributed by atoms with Crippen LogP contribution < -0.4 is 0 Å². The van der Waals surface area contributed by atoms with Gasteiger partial charge in [-0.2, -0.15) is 0 Å². The largest absolute Gasteiger partial charge is 0.396 e. The molecule has 0 aromatic carbocycles. The monoisotopic (exact) mass is 324 g/mol. The second-order valence-corrected chi connectivity index (χ2v) is 8.76. The zero-order valence-corrected chi connectivity index (χ0v) is 14.5. The number of Topliss-reactive ketones (excluding diaryl/α,β-unsaturated/α-hetero) is 1. The molecule has 3 N–H and O–H groups in total. The van der Waals surface area contributed by atoms with Crippen LogP contribution in [0.5, 0.6) is 0 Å². The molecule has 0 aromatic rings. The molecular formula is C19H32O4. The first kappa shape index (κ1) is 17.4. The second-order valence-electron chi connectivity index (χ2n) is 8.76. The molecule has 132 valence electrons. The summed E-state index contributed by atoms with van der Waals surface area (Å²) in [5.74, 6) is 0.844. The molecule has 0 amide bonds. The lowest BCUT2D eigenvalue weighted by Gasteiger charge is -2.54. The van der Waals surface area contributed by atoms with Crippen LogP contribution in [0.3, 0.4) is 0 Å². The highest BCUT2D eigenvalue weighted by Gasteiger charge is 2.58. The van der Waals surface area contributed by atoms with E-state index in [1.54, 1.807) is 0 Å². The normalized spacial score (nSPS) is 50.8. The molecule has 4 nitrogen and oxygen atoms in total. The summed E-state index contributed by atoms with van der Waals surface area (Å²) in [5, 5.41) is 30.6. The Labute approximate surface area is 139 Å². The summed E-state index contributed by atoms with van der Waals surface area (Å²) < 4.78 is 0. The van der Waals surface area contributed by atoms with Gasteiger partial charge in [0.25, 0.3) is 0 Å². The van der Waals surface area contributed by atoms with E-state index in [1.165, 1.54) is 0 Å². The average Bonchev–Trinajstić information content (AvgIpc) is 2.80. The lowest BCUT2D eigenvalue weighted by molar-refractivity contribution is -0.145. The third-order valence-corrected chi connectivity index (χ3v) is 7.77. The van der Waals surface area contributed by atoms with Crippen LogP contribution in [0.15, 0.2) is 0 Å². The number of aliphatic hydroxyl groups excluding tert-OH is 3. The Morgan fingerprint density at radius 3 is 2.52 bits per heavy atom. The van der Waals surface area contributed by atoms with Gasteiger partial charge in [0.15, 0.2) is 0 Å². The summed E-state index contributed by atoms with van der Waals surface area (Å²) in [4.78, 5) is 12.3. The van der Waals surface area contributed by atoms with Gasteiger partial charge < -0.3 is 15.3 Å². The van der Waals surface area contributed by atoms with Gasteiger partial charge in [-0.25, -0.2) is 0 Å². The van der Waals surface area contributed by atoms with E-state index in [0.717, 1.165) is 38.5 Å². The number of aliphatic hydroxyl groups is 3. The molecular weight excluding hydrogens is 292 g/mol. The topological polar surface area (TPSA) is 77.8 Å². The van der Waals surface area contributed by atoms with Gasteiger partial charge in [-0.05, 0) is 68.1 Å². The van der Waals surface area contributed by atoms with Crippen LogP contribution in [0.4, 0.5) is 0 Å². The molecule has 0 spiro atoms. The van der Waals surface area contributed by atoms with Gasteiger partial charge in [-0.1, -0.05) is 13.8 Å². The molecule has 2 unspecified atom stereocenters. The summed E-state index contributed by atoms with van der Waals surface area (Å²) in [6.45, 7) is 4.42. The minimum Gasteiger partial charge on any atom is -0.396 e. The molecule has 0 aromatic heterocycles. The standard InChI is InChI=1S/C19H32O4/c1-18(8-5-13(21)11-12(18)7-10-20)15-6-9-19(2)14(17(15)23)3-4-16(19)22/h12-15,17,20-21,23H,3-11H2,1-2H3/t12-,13-,14?,15?,17-,18-,19-/m0/s1. The van der Waals surface area contributed by atoms with Crippen molar-refractivity contribution in [3.05, 3.63) is 0 Å². The van der Waals surface area contributed by atoms with Gasteiger partial charge in [0.2, 0.25) is 0 Å². The molecule has 7 atom stereocenters. The molecule has 0 saturated heterocycles. The Morgan fingerprint density at radius 1 is 1.09 bits per heavy atom. The maximum absolute atomic E-state index is 12.3. The number of rotatable bonds is 3. The van der Waals surface area contributed by atoms with E-state index in [4.69, 9.17) is 0 Å². The van der Waals surface area contributed by atoms with Crippen LogP contribution in [0.2, 0.25) is 0 Å². The van der Waals surface area contributed by atoms with Crippen LogP contribution in [-0.4, -0.2) is 39.9 Å². The SMILES string of the molecule is C[C@]12CCC([C@@]3(C)CC[C@H](O)C[C@@H]3CCO)[C@@H](O)C1CCC2=O. The summed E-state index contributed by atoms with van der Waals surface area (Å²) in [6, 6.07) is 0. The zero-order valence-electron chi connectivity index (χ0n) is 14.5. The average molecular weight is 324 g/mol. The summed E-state index contributed by atoms with van der Waals surface area (Å²) in [6.07, 6.45) is 5.58. The lowest BCUT2D eigenvalue weighted by atomic mass is 9.51. The fraction of sp³-hybridized carbons (Fsp3) is 0.947. The molecule has 0 bridgehead atoms. The first-order valence-corrected chi connectivity index (χ1v) is 9.33. The molecule has 3 saturated carbocycles. The Balaban J connectivity index is 1.84. The number of ketones is 1. The number of hydrogen-bond donors (Lipinski definition) is 3. The van der Waals surface area contributed by atoms with E-state index in [2.05, 4.69) is 6.92 Å². The molecule has 0 aliphatic heterocycles. The van der Waals surface area contributed by atoms with Gasteiger partial charge in [0.1, 0.15) is 5.78 Å². The highest BCUT2D eigenvalue weighted by atomic mass is 16.3. The van der Waals surface area contributed by atoms with E-state index in [1.807, 2.05) is 6.92 Å². The third kappa shape index (κ3) is 2.67. The number of carbonyl (C=O) groups excluding carboxylic acids is 1. The lowest BCUT2D eigenvalue weighted by Crippen LogP contribution is -2.53. The molecule has 0 heterocycles. The fourth-order valence-electron chi connectivity index (χ4n) is 6.09. The Bertz CT molecular complexity index is 464. The van der Waals surface area contributed by atoms with Crippen molar-refractivity contribution in [1.29, 1.82) is 0 Å². The smallest absolute Gasteiger partial charge is 0.139 e. The van der Waals surface area contributed by atoms with E-state index in [9.17, 15) is 20.1 Å². The van der Waals surface area contributed by atoms with Crippen molar-refractivity contribution >= 4 is 5.78 Å². The van der Waals surface area contributed by atoms with Crippen molar-refractivity contribution in [3.8, 4) is 0 Å². The van der Waals surface area contributed by atoms with Crippen molar-refractivity contribution in [2.75, 3.05) is 6.61 Å². The predicted molar refractivity (Wildman–Crippen MR) is 87.7 cm³/mol. The third-order valence-electron chi connectivity index (χ3n) is 7.77. The van der Waals surface area contributed by atoms with E-state index in [-0.39, 0.29) is 41.3 Å². The zero-order chi connectivity index (χ0) is 16.8. The van der Waals surface area contributed by atoms with Gasteiger partial charge in [-0.3, -0.25) is 4.79 Å². The summed E-state index contributed by atoms with van der Waals surface area (Å²) in [5.41, 5.74) is -0.374. The highest BCUT2D eigenvalue weighted by Crippen LogP contribution is 2.59. The molecule has 3 aliphatic rings. The van der Waals surface area contributed by atoms with Crippen LogP contribution in [-0.2, 0) is 4.79 Å². The van der Waals surface area contributed by atoms with Crippen LogP contribution in [0.1, 0.15) is 65.2 Å². The van der Waals surface area contributed by atoms with Crippen LogP contribution >= 0.6 is 0 Å². The Morgan fingerprint density at radius 2 is 1.83 bits per heavy atom. The maximum atomic E-state index is 12.3. The first-order chi connectivity index (χ1) is 10.8. The minimum absolute atomic E-state index is 0.0473. The van der Waals surface area contributed by atoms with E-state index < -0.39 is 6.10 Å². The molecule has 3 rings (SSSR count). The number of hydrogen-bond acceptors (Lipinski definition) is 4. The number of fused-ring (bicyclic) bond motifs is 1. The Hall–Kier alpha value is -0.450. The Kier molecular flexibility index (Phi) is 4.63. The highest BCUT2D eigenvalue weighted by molar-refractivity contribution is 5.87. The van der Waals surface area contributed by atoms with E-state index in [0.29, 0.717) is 18.6 Å². The second kappa shape index (κ2) is 6.12. The van der Waals surface area contributed by atoms with Crippen LogP contribution in [0, 0.1) is 28.6 Å². The molecule has 0 radical (unpaired) electrons. The van der Waals surface area contributed by atoms with Gasteiger partial charge >= 0.3 is 0 Å². The molecule has 3 fully saturated rings. The quantitative estimate of drug-likeness (QED) is 0.744. The minimum atomic E-state index is -0.429. The molecule has 3 aliphatic carbocycles. The van der Waals surface area contributed by atoms with Crippen LogP contribution in [0.25, 0.3) is 0 Å². The van der Waals surface area contributed by atoms with Crippen molar-refractivity contribution in [2.45, 2.75) is 77.4 Å². The molecule has 23 heavy (non-hydrogen) atoms. The van der Waals surface area contributed by atoms with Crippen molar-refractivity contribution in [1.82, 2.24) is 0 Å². The van der Waals surface area contributed by atoms with Gasteiger partial charge in [0, 0.05) is 18.4 Å². The van der Waals surface area contributed by atoms with Crippen molar-refractivity contribution in [2.24, 2.45) is 28.6 Å². The van der Waals surface area contributed by atoms with E-state index >= 15 is 0 Å². The van der Waals surface area contributed by atoms with Gasteiger partial charge in [-0.15, -0.1) is 0 Å². The van der Waals surface area contributed by atoms with Crippen molar-refractivity contribution in [3.63, 3.8) is 0 Å². The van der Waals surface area contributed by atoms with Gasteiger partial charge in [0.05, 0.1) is 12.2 Å². The number of carbonyl (C=O) groups is 1. The fourth-order valence-corrected chi connectivity index (χ4v) is 6.09. The summed E-state index contributed by atoms with van der Waals surface area (Å²) in [7, 11) is 0. The summed E-state index contributed by atoms with van der Waals surface area (Å²) >= 11 is 0. The predicted octanol–water partition coefficient (Wildman–Crippen LogP) is 2.29. The molecule has 4 heteroatoms.